The van der Waals surface area contributed by atoms with Crippen LogP contribution in [0.4, 0.5) is 0 Å². The summed E-state index contributed by atoms with van der Waals surface area (Å²) in [5, 5.41) is 2.87. The van der Waals surface area contributed by atoms with E-state index in [1.165, 1.54) is 0 Å². The Morgan fingerprint density at radius 2 is 1.76 bits per heavy atom. The molecule has 1 amide bonds. The lowest BCUT2D eigenvalue weighted by Gasteiger charge is -2.31. The molecule has 0 saturated carbocycles. The third-order valence-electron chi connectivity index (χ3n) is 3.55. The molecule has 0 aliphatic carbocycles. The summed E-state index contributed by atoms with van der Waals surface area (Å²) in [7, 11) is 1.63. The van der Waals surface area contributed by atoms with Crippen LogP contribution in [0.3, 0.4) is 0 Å². The number of amides is 1. The van der Waals surface area contributed by atoms with Gasteiger partial charge in [-0.05, 0) is 17.7 Å². The topological polar surface area (TPSA) is 47.6 Å². The summed E-state index contributed by atoms with van der Waals surface area (Å²) in [5.41, 5.74) is 1.93. The standard InChI is InChI=1S/C17H17NO3/c1-20-14-9-7-12(8-10-14)15-11-16(19)18-17(21-15)13-5-3-2-4-6-13/h2-10,15,17H,11H2,1H3,(H,18,19)/t15-,17-/m0/s1. The summed E-state index contributed by atoms with van der Waals surface area (Å²) < 4.78 is 11.2. The minimum absolute atomic E-state index is 0.00378. The Bertz CT molecular complexity index is 610. The first-order valence-electron chi connectivity index (χ1n) is 6.90. The molecule has 1 aliphatic rings. The van der Waals surface area contributed by atoms with Crippen LogP contribution in [0.25, 0.3) is 0 Å². The average Bonchev–Trinajstić information content (AvgIpc) is 2.55. The van der Waals surface area contributed by atoms with Crippen LogP contribution in [0.1, 0.15) is 29.9 Å². The van der Waals surface area contributed by atoms with Gasteiger partial charge in [0.2, 0.25) is 5.91 Å². The fraction of sp³-hybridized carbons (Fsp3) is 0.235. The van der Waals surface area contributed by atoms with Gasteiger partial charge in [-0.25, -0.2) is 0 Å². The van der Waals surface area contributed by atoms with E-state index in [0.717, 1.165) is 16.9 Å². The molecule has 0 radical (unpaired) electrons. The lowest BCUT2D eigenvalue weighted by Crippen LogP contribution is -2.37. The molecule has 0 unspecified atom stereocenters. The second-order valence-corrected chi connectivity index (χ2v) is 4.96. The van der Waals surface area contributed by atoms with Crippen molar-refractivity contribution in [1.82, 2.24) is 5.32 Å². The molecule has 1 N–H and O–H groups in total. The second kappa shape index (κ2) is 5.97. The third kappa shape index (κ3) is 3.06. The van der Waals surface area contributed by atoms with Gasteiger partial charge < -0.3 is 14.8 Å². The summed E-state index contributed by atoms with van der Waals surface area (Å²) in [6.45, 7) is 0. The van der Waals surface area contributed by atoms with E-state index in [2.05, 4.69) is 5.32 Å². The molecule has 3 rings (SSSR count). The minimum Gasteiger partial charge on any atom is -0.497 e. The van der Waals surface area contributed by atoms with E-state index in [1.54, 1.807) is 7.11 Å². The molecule has 4 nitrogen and oxygen atoms in total. The largest absolute Gasteiger partial charge is 0.497 e. The molecule has 2 aromatic carbocycles. The van der Waals surface area contributed by atoms with Crippen molar-refractivity contribution in [3.05, 3.63) is 65.7 Å². The Labute approximate surface area is 123 Å². The molecular weight excluding hydrogens is 266 g/mol. The molecule has 0 spiro atoms. The van der Waals surface area contributed by atoms with Crippen molar-refractivity contribution in [2.24, 2.45) is 0 Å². The highest BCUT2D eigenvalue weighted by atomic mass is 16.5. The summed E-state index contributed by atoms with van der Waals surface area (Å²) in [4.78, 5) is 11.9. The second-order valence-electron chi connectivity index (χ2n) is 4.96. The maximum absolute atomic E-state index is 11.9. The van der Waals surface area contributed by atoms with Crippen molar-refractivity contribution in [3.8, 4) is 5.75 Å². The van der Waals surface area contributed by atoms with Gasteiger partial charge in [0.05, 0.1) is 19.6 Å². The SMILES string of the molecule is COc1ccc([C@@H]2CC(=O)N[C@H](c3ccccc3)O2)cc1. The van der Waals surface area contributed by atoms with Crippen molar-refractivity contribution >= 4 is 5.91 Å². The summed E-state index contributed by atoms with van der Waals surface area (Å²) in [6.07, 6.45) is -0.315. The minimum atomic E-state index is -0.403. The predicted molar refractivity (Wildman–Crippen MR) is 78.8 cm³/mol. The Kier molecular flexibility index (Phi) is 3.88. The molecule has 4 heteroatoms. The van der Waals surface area contributed by atoms with E-state index in [1.807, 2.05) is 54.6 Å². The van der Waals surface area contributed by atoms with Crippen LogP contribution < -0.4 is 10.1 Å². The first-order valence-corrected chi connectivity index (χ1v) is 6.90. The van der Waals surface area contributed by atoms with Gasteiger partial charge in [0, 0.05) is 5.56 Å². The molecular formula is C17H17NO3. The number of carbonyl (C=O) groups excluding carboxylic acids is 1. The first-order chi connectivity index (χ1) is 10.3. The number of benzene rings is 2. The number of hydrogen-bond donors (Lipinski definition) is 1. The fourth-order valence-corrected chi connectivity index (χ4v) is 2.42. The molecule has 1 saturated heterocycles. The van der Waals surface area contributed by atoms with Crippen LogP contribution in [-0.4, -0.2) is 13.0 Å². The maximum atomic E-state index is 11.9. The Balaban J connectivity index is 1.81. The van der Waals surface area contributed by atoms with Crippen LogP contribution in [0, 0.1) is 0 Å². The molecule has 1 heterocycles. The van der Waals surface area contributed by atoms with Crippen molar-refractivity contribution in [3.63, 3.8) is 0 Å². The smallest absolute Gasteiger partial charge is 0.225 e. The van der Waals surface area contributed by atoms with Gasteiger partial charge in [-0.1, -0.05) is 42.5 Å². The highest BCUT2D eigenvalue weighted by Crippen LogP contribution is 2.32. The van der Waals surface area contributed by atoms with E-state index in [4.69, 9.17) is 9.47 Å². The van der Waals surface area contributed by atoms with Gasteiger partial charge in [-0.2, -0.15) is 0 Å². The lowest BCUT2D eigenvalue weighted by atomic mass is 10.0. The number of nitrogens with one attached hydrogen (secondary N) is 1. The number of rotatable bonds is 3. The van der Waals surface area contributed by atoms with E-state index >= 15 is 0 Å². The number of hydrogen-bond acceptors (Lipinski definition) is 3. The molecule has 21 heavy (non-hydrogen) atoms. The summed E-state index contributed by atoms with van der Waals surface area (Å²) in [5.74, 6) is 0.787. The van der Waals surface area contributed by atoms with Gasteiger partial charge in [-0.15, -0.1) is 0 Å². The van der Waals surface area contributed by atoms with Gasteiger partial charge in [0.25, 0.3) is 0 Å². The lowest BCUT2D eigenvalue weighted by molar-refractivity contribution is -0.143. The molecule has 2 aromatic rings. The predicted octanol–water partition coefficient (Wildman–Crippen LogP) is 2.97. The molecule has 1 aliphatic heterocycles. The maximum Gasteiger partial charge on any atom is 0.225 e. The molecule has 2 atom stereocenters. The van der Waals surface area contributed by atoms with Crippen LogP contribution in [0.15, 0.2) is 54.6 Å². The molecule has 0 bridgehead atoms. The van der Waals surface area contributed by atoms with E-state index in [0.29, 0.717) is 6.42 Å². The fourth-order valence-electron chi connectivity index (χ4n) is 2.42. The van der Waals surface area contributed by atoms with E-state index in [-0.39, 0.29) is 12.0 Å². The Morgan fingerprint density at radius 1 is 1.05 bits per heavy atom. The van der Waals surface area contributed by atoms with Crippen LogP contribution in [0.5, 0.6) is 5.75 Å². The van der Waals surface area contributed by atoms with Crippen molar-refractivity contribution in [2.75, 3.05) is 7.11 Å². The van der Waals surface area contributed by atoms with Crippen LogP contribution in [-0.2, 0) is 9.53 Å². The summed E-state index contributed by atoms with van der Waals surface area (Å²) >= 11 is 0. The van der Waals surface area contributed by atoms with E-state index < -0.39 is 6.23 Å². The van der Waals surface area contributed by atoms with Gasteiger partial charge in [0.1, 0.15) is 5.75 Å². The van der Waals surface area contributed by atoms with Crippen molar-refractivity contribution in [1.29, 1.82) is 0 Å². The summed E-state index contributed by atoms with van der Waals surface area (Å²) in [6, 6.07) is 17.3. The zero-order valence-electron chi connectivity index (χ0n) is 11.8. The number of carbonyl (C=O) groups is 1. The van der Waals surface area contributed by atoms with Crippen LogP contribution >= 0.6 is 0 Å². The normalized spacial score (nSPS) is 21.7. The Morgan fingerprint density at radius 3 is 2.43 bits per heavy atom. The van der Waals surface area contributed by atoms with Gasteiger partial charge >= 0.3 is 0 Å². The average molecular weight is 283 g/mol. The molecule has 1 fully saturated rings. The van der Waals surface area contributed by atoms with E-state index in [9.17, 15) is 4.79 Å². The highest BCUT2D eigenvalue weighted by molar-refractivity contribution is 5.77. The van der Waals surface area contributed by atoms with Crippen LogP contribution in [0.2, 0.25) is 0 Å². The number of ether oxygens (including phenoxy) is 2. The Hall–Kier alpha value is -2.33. The van der Waals surface area contributed by atoms with Gasteiger partial charge in [0.15, 0.2) is 6.23 Å². The quantitative estimate of drug-likeness (QED) is 0.942. The monoisotopic (exact) mass is 283 g/mol. The third-order valence-corrected chi connectivity index (χ3v) is 3.55. The molecule has 108 valence electrons. The zero-order valence-corrected chi connectivity index (χ0v) is 11.8. The van der Waals surface area contributed by atoms with Crippen molar-refractivity contribution in [2.45, 2.75) is 18.8 Å². The first kappa shape index (κ1) is 13.6. The van der Waals surface area contributed by atoms with Crippen molar-refractivity contribution < 1.29 is 14.3 Å². The van der Waals surface area contributed by atoms with Gasteiger partial charge in [-0.3, -0.25) is 4.79 Å². The highest BCUT2D eigenvalue weighted by Gasteiger charge is 2.29. The molecule has 0 aromatic heterocycles. The number of methoxy groups -OCH3 is 1. The zero-order chi connectivity index (χ0) is 14.7.